The van der Waals surface area contributed by atoms with Crippen LogP contribution in [-0.2, 0) is 0 Å². The van der Waals surface area contributed by atoms with Crippen LogP contribution >= 0.6 is 0 Å². The molecule has 2 heterocycles. The SMILES string of the molecule is CN(C)C(=O)c1cccnc1OC1CCN(C(=O)c2ccc(F)cc2)C1. The van der Waals surface area contributed by atoms with Crippen LogP contribution in [0.2, 0.25) is 0 Å². The third-order valence-electron chi connectivity index (χ3n) is 4.21. The van der Waals surface area contributed by atoms with Crippen LogP contribution in [0.5, 0.6) is 5.88 Å². The van der Waals surface area contributed by atoms with Crippen molar-refractivity contribution in [2.45, 2.75) is 12.5 Å². The van der Waals surface area contributed by atoms with E-state index in [4.69, 9.17) is 4.74 Å². The van der Waals surface area contributed by atoms with Gasteiger partial charge in [0, 0.05) is 38.8 Å². The summed E-state index contributed by atoms with van der Waals surface area (Å²) in [5.41, 5.74) is 0.828. The van der Waals surface area contributed by atoms with Crippen molar-refractivity contribution >= 4 is 11.8 Å². The number of pyridine rings is 1. The molecule has 1 aromatic carbocycles. The number of aromatic nitrogens is 1. The summed E-state index contributed by atoms with van der Waals surface area (Å²) in [4.78, 5) is 32.0. The molecule has 3 rings (SSSR count). The second kappa shape index (κ2) is 7.51. The van der Waals surface area contributed by atoms with Gasteiger partial charge in [0.05, 0.1) is 6.54 Å². The Bertz CT molecular complexity index is 808. The molecule has 2 amide bonds. The van der Waals surface area contributed by atoms with Gasteiger partial charge in [0.15, 0.2) is 0 Å². The van der Waals surface area contributed by atoms with Gasteiger partial charge in [-0.05, 0) is 36.4 Å². The number of halogens is 1. The zero-order chi connectivity index (χ0) is 18.7. The number of hydrogen-bond donors (Lipinski definition) is 0. The predicted molar refractivity (Wildman–Crippen MR) is 93.6 cm³/mol. The average molecular weight is 357 g/mol. The molecule has 1 atom stereocenters. The smallest absolute Gasteiger partial charge is 0.258 e. The second-order valence-electron chi connectivity index (χ2n) is 6.34. The molecular weight excluding hydrogens is 337 g/mol. The number of likely N-dealkylation sites (tertiary alicyclic amines) is 1. The Kier molecular flexibility index (Phi) is 5.16. The van der Waals surface area contributed by atoms with E-state index in [-0.39, 0.29) is 29.6 Å². The largest absolute Gasteiger partial charge is 0.472 e. The van der Waals surface area contributed by atoms with Crippen LogP contribution in [0.15, 0.2) is 42.6 Å². The lowest BCUT2D eigenvalue weighted by atomic mass is 10.2. The highest BCUT2D eigenvalue weighted by Gasteiger charge is 2.29. The molecule has 1 unspecified atom stereocenters. The first-order valence-corrected chi connectivity index (χ1v) is 8.34. The summed E-state index contributed by atoms with van der Waals surface area (Å²) in [5.74, 6) is -0.461. The molecule has 136 valence electrons. The van der Waals surface area contributed by atoms with Crippen molar-refractivity contribution in [3.05, 3.63) is 59.5 Å². The highest BCUT2D eigenvalue weighted by atomic mass is 19.1. The molecule has 26 heavy (non-hydrogen) atoms. The normalized spacial score (nSPS) is 16.4. The van der Waals surface area contributed by atoms with E-state index >= 15 is 0 Å². The van der Waals surface area contributed by atoms with E-state index in [0.717, 1.165) is 0 Å². The van der Waals surface area contributed by atoms with E-state index in [1.54, 1.807) is 37.3 Å². The highest BCUT2D eigenvalue weighted by molar-refractivity contribution is 5.96. The molecule has 1 saturated heterocycles. The molecule has 1 aliphatic rings. The Balaban J connectivity index is 1.68. The van der Waals surface area contributed by atoms with Gasteiger partial charge in [0.2, 0.25) is 5.88 Å². The minimum absolute atomic E-state index is 0.165. The number of hydrogen-bond acceptors (Lipinski definition) is 4. The zero-order valence-corrected chi connectivity index (χ0v) is 14.7. The maximum Gasteiger partial charge on any atom is 0.258 e. The summed E-state index contributed by atoms with van der Waals surface area (Å²) >= 11 is 0. The van der Waals surface area contributed by atoms with Crippen molar-refractivity contribution in [3.63, 3.8) is 0 Å². The quantitative estimate of drug-likeness (QED) is 0.842. The van der Waals surface area contributed by atoms with Crippen LogP contribution in [0, 0.1) is 5.82 Å². The number of carbonyl (C=O) groups is 2. The van der Waals surface area contributed by atoms with Gasteiger partial charge in [-0.15, -0.1) is 0 Å². The summed E-state index contributed by atoms with van der Waals surface area (Å²) in [6.07, 6.45) is 1.96. The summed E-state index contributed by atoms with van der Waals surface area (Å²) in [6, 6.07) is 8.83. The fraction of sp³-hybridized carbons (Fsp3) is 0.316. The Labute approximate surface area is 151 Å². The van der Waals surface area contributed by atoms with Gasteiger partial charge in [-0.1, -0.05) is 0 Å². The van der Waals surface area contributed by atoms with Crippen molar-refractivity contribution < 1.29 is 18.7 Å². The van der Waals surface area contributed by atoms with Crippen molar-refractivity contribution in [2.75, 3.05) is 27.2 Å². The average Bonchev–Trinajstić information content (AvgIpc) is 3.10. The van der Waals surface area contributed by atoms with E-state index in [1.807, 2.05) is 0 Å². The number of amides is 2. The van der Waals surface area contributed by atoms with E-state index in [9.17, 15) is 14.0 Å². The standard InChI is InChI=1S/C19H20FN3O3/c1-22(2)19(25)16-4-3-10-21-17(16)26-15-9-11-23(12-15)18(24)13-5-7-14(20)8-6-13/h3-8,10,15H,9,11-12H2,1-2H3. The van der Waals surface area contributed by atoms with Gasteiger partial charge in [0.1, 0.15) is 17.5 Å². The second-order valence-corrected chi connectivity index (χ2v) is 6.34. The molecule has 2 aromatic rings. The van der Waals surface area contributed by atoms with Gasteiger partial charge in [-0.25, -0.2) is 9.37 Å². The summed E-state index contributed by atoms with van der Waals surface area (Å²) < 4.78 is 18.9. The molecule has 0 saturated carbocycles. The van der Waals surface area contributed by atoms with E-state index in [2.05, 4.69) is 4.98 Å². The van der Waals surface area contributed by atoms with E-state index in [1.165, 1.54) is 29.2 Å². The summed E-state index contributed by atoms with van der Waals surface area (Å²) in [5, 5.41) is 0. The van der Waals surface area contributed by atoms with Crippen molar-refractivity contribution in [1.29, 1.82) is 0 Å². The Morgan fingerprint density at radius 1 is 1.23 bits per heavy atom. The minimum Gasteiger partial charge on any atom is -0.472 e. The van der Waals surface area contributed by atoms with Gasteiger partial charge in [-0.3, -0.25) is 9.59 Å². The van der Waals surface area contributed by atoms with Gasteiger partial charge >= 0.3 is 0 Å². The first-order valence-electron chi connectivity index (χ1n) is 8.34. The fourth-order valence-electron chi connectivity index (χ4n) is 2.83. The lowest BCUT2D eigenvalue weighted by molar-refractivity contribution is 0.0763. The third kappa shape index (κ3) is 3.82. The molecule has 0 aliphatic carbocycles. The Morgan fingerprint density at radius 3 is 2.65 bits per heavy atom. The molecule has 0 bridgehead atoms. The van der Waals surface area contributed by atoms with E-state index in [0.29, 0.717) is 30.6 Å². The molecule has 0 spiro atoms. The summed E-state index contributed by atoms with van der Waals surface area (Å²) in [7, 11) is 3.33. The molecule has 1 fully saturated rings. The van der Waals surface area contributed by atoms with Crippen LogP contribution < -0.4 is 4.74 Å². The van der Waals surface area contributed by atoms with Crippen LogP contribution in [-0.4, -0.2) is 59.9 Å². The molecule has 7 heteroatoms. The third-order valence-corrected chi connectivity index (χ3v) is 4.21. The molecule has 6 nitrogen and oxygen atoms in total. The van der Waals surface area contributed by atoms with Gasteiger partial charge < -0.3 is 14.5 Å². The van der Waals surface area contributed by atoms with Crippen molar-refractivity contribution in [2.24, 2.45) is 0 Å². The maximum absolute atomic E-state index is 13.0. The Morgan fingerprint density at radius 2 is 1.96 bits per heavy atom. The molecule has 0 radical (unpaired) electrons. The first-order chi connectivity index (χ1) is 12.5. The summed E-state index contributed by atoms with van der Waals surface area (Å²) in [6.45, 7) is 0.924. The van der Waals surface area contributed by atoms with Crippen molar-refractivity contribution in [1.82, 2.24) is 14.8 Å². The fourth-order valence-corrected chi connectivity index (χ4v) is 2.83. The molecule has 1 aliphatic heterocycles. The molecule has 1 aromatic heterocycles. The van der Waals surface area contributed by atoms with Gasteiger partial charge in [-0.2, -0.15) is 0 Å². The number of carbonyl (C=O) groups excluding carboxylic acids is 2. The number of nitrogens with zero attached hydrogens (tertiary/aromatic N) is 3. The monoisotopic (exact) mass is 357 g/mol. The molecular formula is C19H20FN3O3. The highest BCUT2D eigenvalue weighted by Crippen LogP contribution is 2.22. The lowest BCUT2D eigenvalue weighted by Crippen LogP contribution is -2.31. The zero-order valence-electron chi connectivity index (χ0n) is 14.7. The van der Waals surface area contributed by atoms with E-state index < -0.39 is 0 Å². The Hall–Kier alpha value is -2.96. The maximum atomic E-state index is 13.0. The number of ether oxygens (including phenoxy) is 1. The van der Waals surface area contributed by atoms with Crippen molar-refractivity contribution in [3.8, 4) is 5.88 Å². The van der Waals surface area contributed by atoms with Gasteiger partial charge in [0.25, 0.3) is 11.8 Å². The minimum atomic E-state index is -0.377. The number of benzene rings is 1. The lowest BCUT2D eigenvalue weighted by Gasteiger charge is -2.18. The van der Waals surface area contributed by atoms with Crippen LogP contribution in [0.25, 0.3) is 0 Å². The van der Waals surface area contributed by atoms with Crippen LogP contribution in [0.4, 0.5) is 4.39 Å². The first kappa shape index (κ1) is 17.8. The topological polar surface area (TPSA) is 62.7 Å². The van der Waals surface area contributed by atoms with Crippen LogP contribution in [0.3, 0.4) is 0 Å². The predicted octanol–water partition coefficient (Wildman–Crippen LogP) is 2.22. The van der Waals surface area contributed by atoms with Crippen LogP contribution in [0.1, 0.15) is 27.1 Å². The molecule has 0 N–H and O–H groups in total. The number of rotatable bonds is 4.